The molecule has 0 bridgehead atoms. The van der Waals surface area contributed by atoms with E-state index in [1.54, 1.807) is 0 Å². The molecule has 0 saturated carbocycles. The van der Waals surface area contributed by atoms with Gasteiger partial charge in [-0.3, -0.25) is 9.78 Å². The number of aromatic amines is 2. The summed E-state index contributed by atoms with van der Waals surface area (Å²) >= 11 is 0. The van der Waals surface area contributed by atoms with E-state index in [1.807, 2.05) is 20.8 Å². The highest BCUT2D eigenvalue weighted by atomic mass is 28.3. The van der Waals surface area contributed by atoms with E-state index >= 15 is 0 Å². The Hall–Kier alpha value is -1.14. The predicted molar refractivity (Wildman–Crippen MR) is 69.8 cm³/mol. The fraction of sp³-hybridized carbons (Fsp3) is 0.636. The number of H-pyrrole nitrogens is 2. The van der Waals surface area contributed by atoms with Crippen LogP contribution in [0.4, 0.5) is 0 Å². The van der Waals surface area contributed by atoms with Gasteiger partial charge in [0.05, 0.1) is 11.7 Å². The molecule has 0 aliphatic rings. The maximum absolute atomic E-state index is 11.8. The van der Waals surface area contributed by atoms with E-state index in [9.17, 15) is 9.59 Å². The SMILES string of the molecule is C[SiH](C)OC(c1c[nH]c(=O)[nH]c1=O)C(C)(C)C. The average Bonchev–Trinajstić information content (AvgIpc) is 2.13. The molecule has 2 N–H and O–H groups in total. The molecule has 0 saturated heterocycles. The third-order valence-electron chi connectivity index (χ3n) is 2.33. The van der Waals surface area contributed by atoms with Gasteiger partial charge in [-0.1, -0.05) is 20.8 Å². The zero-order valence-electron chi connectivity index (χ0n) is 11.0. The van der Waals surface area contributed by atoms with Crippen molar-refractivity contribution >= 4 is 9.04 Å². The van der Waals surface area contributed by atoms with E-state index in [0.717, 1.165) is 0 Å². The van der Waals surface area contributed by atoms with Crippen LogP contribution in [0.1, 0.15) is 32.4 Å². The Morgan fingerprint density at radius 1 is 1.29 bits per heavy atom. The van der Waals surface area contributed by atoms with Crippen molar-refractivity contribution in [3.63, 3.8) is 0 Å². The smallest absolute Gasteiger partial charge is 0.325 e. The molecular weight excluding hydrogens is 236 g/mol. The van der Waals surface area contributed by atoms with Crippen molar-refractivity contribution in [1.29, 1.82) is 0 Å². The Balaban J connectivity index is 3.22. The number of nitrogens with one attached hydrogen (secondary N) is 2. The van der Waals surface area contributed by atoms with Crippen molar-refractivity contribution in [2.45, 2.75) is 40.0 Å². The van der Waals surface area contributed by atoms with Gasteiger partial charge in [-0.15, -0.1) is 0 Å². The molecule has 1 aromatic heterocycles. The lowest BCUT2D eigenvalue weighted by atomic mass is 9.86. The van der Waals surface area contributed by atoms with Gasteiger partial charge in [0.2, 0.25) is 0 Å². The van der Waals surface area contributed by atoms with Gasteiger partial charge in [0.1, 0.15) is 0 Å². The predicted octanol–water partition coefficient (Wildman–Crippen LogP) is 1.15. The number of rotatable bonds is 3. The molecule has 17 heavy (non-hydrogen) atoms. The van der Waals surface area contributed by atoms with Crippen molar-refractivity contribution in [2.24, 2.45) is 5.41 Å². The standard InChI is InChI=1S/C11H20N2O3Si/c1-11(2,3)8(16-17(4)5)7-6-12-10(15)13-9(7)14/h6,8,17H,1-5H3,(H2,12,13,14,15). The van der Waals surface area contributed by atoms with Gasteiger partial charge >= 0.3 is 5.69 Å². The fourth-order valence-electron chi connectivity index (χ4n) is 1.63. The lowest BCUT2D eigenvalue weighted by Crippen LogP contribution is -2.33. The molecule has 0 aromatic carbocycles. The molecule has 0 aliphatic heterocycles. The summed E-state index contributed by atoms with van der Waals surface area (Å²) in [6.45, 7) is 10.1. The van der Waals surface area contributed by atoms with Gasteiger partial charge in [-0.05, 0) is 18.5 Å². The topological polar surface area (TPSA) is 75.0 Å². The van der Waals surface area contributed by atoms with Crippen molar-refractivity contribution in [3.05, 3.63) is 32.6 Å². The Labute approximate surface area is 102 Å². The summed E-state index contributed by atoms with van der Waals surface area (Å²) in [6.07, 6.45) is 1.16. The first-order valence-corrected chi connectivity index (χ1v) is 8.47. The Bertz CT molecular complexity index is 484. The number of hydrogen-bond acceptors (Lipinski definition) is 3. The number of aromatic nitrogens is 2. The largest absolute Gasteiger partial charge is 0.413 e. The van der Waals surface area contributed by atoms with Crippen LogP contribution in [0.15, 0.2) is 15.8 Å². The minimum atomic E-state index is -1.28. The van der Waals surface area contributed by atoms with Crippen molar-refractivity contribution in [2.75, 3.05) is 0 Å². The van der Waals surface area contributed by atoms with E-state index in [-0.39, 0.29) is 17.1 Å². The Kier molecular flexibility index (Phi) is 4.10. The monoisotopic (exact) mass is 256 g/mol. The van der Waals surface area contributed by atoms with Crippen LogP contribution in [-0.4, -0.2) is 19.0 Å². The quantitative estimate of drug-likeness (QED) is 0.797. The van der Waals surface area contributed by atoms with Gasteiger partial charge in [0, 0.05) is 6.20 Å². The Morgan fingerprint density at radius 2 is 1.88 bits per heavy atom. The van der Waals surface area contributed by atoms with E-state index in [0.29, 0.717) is 5.56 Å². The molecular formula is C11H20N2O3Si. The first-order valence-electron chi connectivity index (χ1n) is 5.69. The second-order valence-corrected chi connectivity index (χ2v) is 7.83. The summed E-state index contributed by atoms with van der Waals surface area (Å²) in [5, 5.41) is 0. The molecule has 1 atom stereocenters. The molecule has 6 heteroatoms. The summed E-state index contributed by atoms with van der Waals surface area (Å²) in [7, 11) is -1.28. The minimum Gasteiger partial charge on any atom is -0.413 e. The normalized spacial score (nSPS) is 14.0. The maximum atomic E-state index is 11.8. The fourth-order valence-corrected chi connectivity index (χ4v) is 2.73. The van der Waals surface area contributed by atoms with Crippen LogP contribution in [0.5, 0.6) is 0 Å². The molecule has 96 valence electrons. The molecule has 1 aromatic rings. The molecule has 0 aliphatic carbocycles. The summed E-state index contributed by atoms with van der Waals surface area (Å²) in [4.78, 5) is 27.5. The summed E-state index contributed by atoms with van der Waals surface area (Å²) in [5.41, 5.74) is -0.572. The second-order valence-electron chi connectivity index (χ2n) is 5.46. The molecule has 0 amide bonds. The zero-order chi connectivity index (χ0) is 13.2. The summed E-state index contributed by atoms with van der Waals surface area (Å²) < 4.78 is 5.92. The van der Waals surface area contributed by atoms with Gasteiger partial charge < -0.3 is 9.41 Å². The summed E-state index contributed by atoms with van der Waals surface area (Å²) in [6, 6.07) is 0. The van der Waals surface area contributed by atoms with Crippen molar-refractivity contribution in [3.8, 4) is 0 Å². The molecule has 0 fully saturated rings. The first kappa shape index (κ1) is 13.9. The van der Waals surface area contributed by atoms with Crippen LogP contribution in [-0.2, 0) is 4.43 Å². The van der Waals surface area contributed by atoms with Crippen LogP contribution >= 0.6 is 0 Å². The highest BCUT2D eigenvalue weighted by Gasteiger charge is 2.30. The Morgan fingerprint density at radius 3 is 2.29 bits per heavy atom. The van der Waals surface area contributed by atoms with Crippen LogP contribution < -0.4 is 11.2 Å². The average molecular weight is 256 g/mol. The maximum Gasteiger partial charge on any atom is 0.325 e. The third kappa shape index (κ3) is 3.67. The lowest BCUT2D eigenvalue weighted by Gasteiger charge is -2.32. The number of hydrogen-bond donors (Lipinski definition) is 2. The van der Waals surface area contributed by atoms with Crippen LogP contribution in [0, 0.1) is 5.41 Å². The molecule has 1 rings (SSSR count). The second kappa shape index (κ2) is 5.01. The van der Waals surface area contributed by atoms with E-state index in [2.05, 4.69) is 23.1 Å². The van der Waals surface area contributed by atoms with Gasteiger partial charge in [-0.2, -0.15) is 0 Å². The molecule has 5 nitrogen and oxygen atoms in total. The minimum absolute atomic E-state index is 0.192. The van der Waals surface area contributed by atoms with Crippen LogP contribution in [0.2, 0.25) is 13.1 Å². The van der Waals surface area contributed by atoms with Gasteiger partial charge in [-0.25, -0.2) is 4.79 Å². The van der Waals surface area contributed by atoms with E-state index in [1.165, 1.54) is 6.20 Å². The highest BCUT2D eigenvalue weighted by Crippen LogP contribution is 2.34. The zero-order valence-corrected chi connectivity index (χ0v) is 12.1. The first-order chi connectivity index (χ1) is 7.71. The lowest BCUT2D eigenvalue weighted by molar-refractivity contribution is 0.0849. The molecule has 1 unspecified atom stereocenters. The molecule has 0 radical (unpaired) electrons. The van der Waals surface area contributed by atoms with Gasteiger partial charge in [0.15, 0.2) is 9.04 Å². The molecule has 1 heterocycles. The van der Waals surface area contributed by atoms with Gasteiger partial charge in [0.25, 0.3) is 5.56 Å². The summed E-state index contributed by atoms with van der Waals surface area (Å²) in [5.74, 6) is 0. The van der Waals surface area contributed by atoms with Crippen molar-refractivity contribution in [1.82, 2.24) is 9.97 Å². The molecule has 0 spiro atoms. The van der Waals surface area contributed by atoms with Crippen LogP contribution in [0.3, 0.4) is 0 Å². The highest BCUT2D eigenvalue weighted by molar-refractivity contribution is 6.48. The van der Waals surface area contributed by atoms with Crippen LogP contribution in [0.25, 0.3) is 0 Å². The van der Waals surface area contributed by atoms with Crippen molar-refractivity contribution < 1.29 is 4.43 Å². The van der Waals surface area contributed by atoms with E-state index in [4.69, 9.17) is 4.43 Å². The third-order valence-corrected chi connectivity index (χ3v) is 3.14. The van der Waals surface area contributed by atoms with E-state index < -0.39 is 14.7 Å².